The van der Waals surface area contributed by atoms with Crippen molar-refractivity contribution < 1.29 is 14.3 Å². The van der Waals surface area contributed by atoms with E-state index in [0.717, 1.165) is 0 Å². The Kier molecular flexibility index (Phi) is 5.54. The predicted octanol–water partition coefficient (Wildman–Crippen LogP) is 2.15. The van der Waals surface area contributed by atoms with Gasteiger partial charge in [0.15, 0.2) is 0 Å². The molecule has 0 atom stereocenters. The van der Waals surface area contributed by atoms with Gasteiger partial charge < -0.3 is 4.74 Å². The summed E-state index contributed by atoms with van der Waals surface area (Å²) in [5.74, 6) is -0.0941. The van der Waals surface area contributed by atoms with Gasteiger partial charge in [-0.2, -0.15) is 0 Å². The van der Waals surface area contributed by atoms with Crippen molar-refractivity contribution in [3.8, 4) is 0 Å². The number of nitrogens with zero attached hydrogens (tertiary/aromatic N) is 1. The van der Waals surface area contributed by atoms with Crippen LogP contribution in [0.2, 0.25) is 0 Å². The maximum Gasteiger partial charge on any atom is 0.410 e. The summed E-state index contributed by atoms with van der Waals surface area (Å²) >= 11 is 0. The highest BCUT2D eigenvalue weighted by atomic mass is 16.6. The van der Waals surface area contributed by atoms with Crippen LogP contribution in [-0.4, -0.2) is 35.5 Å². The van der Waals surface area contributed by atoms with Crippen molar-refractivity contribution in [3.63, 3.8) is 0 Å². The Hall–Kier alpha value is -1.54. The van der Waals surface area contributed by atoms with Crippen molar-refractivity contribution in [1.82, 2.24) is 4.90 Å². The van der Waals surface area contributed by atoms with Gasteiger partial charge in [-0.3, -0.25) is 9.69 Å². The normalized spacial score (nSPS) is 10.2. The Bertz CT molecular complexity index is 305. The number of Topliss-reactive ketones (excluding diaryl/α,β-unsaturated/α-hetero) is 1. The highest BCUT2D eigenvalue weighted by Gasteiger charge is 2.22. The van der Waals surface area contributed by atoms with E-state index in [4.69, 9.17) is 4.74 Å². The molecule has 16 heavy (non-hydrogen) atoms. The van der Waals surface area contributed by atoms with Crippen LogP contribution in [0.5, 0.6) is 0 Å². The molecule has 0 saturated heterocycles. The third kappa shape index (κ3) is 6.85. The van der Waals surface area contributed by atoms with E-state index in [9.17, 15) is 9.59 Å². The van der Waals surface area contributed by atoms with Gasteiger partial charge in [0.25, 0.3) is 0 Å². The molecule has 0 spiro atoms. The lowest BCUT2D eigenvalue weighted by atomic mass is 10.2. The molecule has 4 nitrogen and oxygen atoms in total. The second-order valence-electron chi connectivity index (χ2n) is 4.47. The quantitative estimate of drug-likeness (QED) is 0.689. The minimum absolute atomic E-state index is 0.0348. The number of ether oxygens (including phenoxy) is 1. The second kappa shape index (κ2) is 6.13. The third-order valence-corrected chi connectivity index (χ3v) is 1.52. The first-order valence-corrected chi connectivity index (χ1v) is 5.08. The highest BCUT2D eigenvalue weighted by Crippen LogP contribution is 2.09. The average molecular weight is 225 g/mol. The van der Waals surface area contributed by atoms with E-state index in [-0.39, 0.29) is 18.9 Å². The fraction of sp³-hybridized carbons (Fsp3) is 0.583. The van der Waals surface area contributed by atoms with Gasteiger partial charge in [0, 0.05) is 6.54 Å². The maximum atomic E-state index is 11.7. The molecule has 0 aromatic heterocycles. The van der Waals surface area contributed by atoms with Crippen molar-refractivity contribution in [2.24, 2.45) is 0 Å². The summed E-state index contributed by atoms with van der Waals surface area (Å²) < 4.78 is 5.16. The number of ketones is 1. The summed E-state index contributed by atoms with van der Waals surface area (Å²) in [6, 6.07) is 0. The molecule has 0 aliphatic heterocycles. The summed E-state index contributed by atoms with van der Waals surface area (Å²) in [6.45, 7) is 10.5. The number of rotatable bonds is 4. The van der Waals surface area contributed by atoms with E-state index in [1.807, 2.05) is 0 Å². The number of amides is 1. The molecule has 0 saturated carbocycles. The van der Waals surface area contributed by atoms with Crippen molar-refractivity contribution in [1.29, 1.82) is 0 Å². The van der Waals surface area contributed by atoms with Crippen LogP contribution in [0.25, 0.3) is 0 Å². The van der Waals surface area contributed by atoms with Gasteiger partial charge in [-0.05, 0) is 33.8 Å². The molecule has 0 heterocycles. The molecule has 1 amide bonds. The average Bonchev–Trinajstić information content (AvgIpc) is 2.08. The Labute approximate surface area is 96.6 Å². The summed E-state index contributed by atoms with van der Waals surface area (Å²) in [5, 5.41) is 0. The zero-order valence-corrected chi connectivity index (χ0v) is 10.4. The first-order valence-electron chi connectivity index (χ1n) is 5.08. The Morgan fingerprint density at radius 1 is 1.44 bits per heavy atom. The zero-order valence-electron chi connectivity index (χ0n) is 10.4. The third-order valence-electron chi connectivity index (χ3n) is 1.52. The SMILES string of the molecule is C=C=CCN(CC(C)=O)C(=O)OC(C)(C)C. The molecular formula is C12H19NO3. The van der Waals surface area contributed by atoms with Crippen LogP contribution in [-0.2, 0) is 9.53 Å². The van der Waals surface area contributed by atoms with Crippen LogP contribution in [0.15, 0.2) is 18.4 Å². The molecule has 0 aromatic carbocycles. The first kappa shape index (κ1) is 14.5. The topological polar surface area (TPSA) is 46.6 Å². The van der Waals surface area contributed by atoms with E-state index in [0.29, 0.717) is 0 Å². The lowest BCUT2D eigenvalue weighted by Gasteiger charge is -2.25. The fourth-order valence-corrected chi connectivity index (χ4v) is 0.974. The Morgan fingerprint density at radius 3 is 2.38 bits per heavy atom. The molecule has 0 bridgehead atoms. The maximum absolute atomic E-state index is 11.7. The number of hydrogen-bond donors (Lipinski definition) is 0. The molecule has 0 aromatic rings. The van der Waals surface area contributed by atoms with Gasteiger partial charge in [0.05, 0.1) is 6.54 Å². The van der Waals surface area contributed by atoms with Crippen LogP contribution in [0.3, 0.4) is 0 Å². The zero-order chi connectivity index (χ0) is 12.8. The monoisotopic (exact) mass is 225 g/mol. The van der Waals surface area contributed by atoms with Crippen molar-refractivity contribution in [2.75, 3.05) is 13.1 Å². The molecule has 0 fully saturated rings. The van der Waals surface area contributed by atoms with Gasteiger partial charge in [0.1, 0.15) is 11.4 Å². The van der Waals surface area contributed by atoms with Crippen molar-refractivity contribution in [2.45, 2.75) is 33.3 Å². The highest BCUT2D eigenvalue weighted by molar-refractivity contribution is 5.82. The van der Waals surface area contributed by atoms with Gasteiger partial charge >= 0.3 is 6.09 Å². The van der Waals surface area contributed by atoms with E-state index in [1.165, 1.54) is 11.8 Å². The second-order valence-corrected chi connectivity index (χ2v) is 4.47. The van der Waals surface area contributed by atoms with Crippen LogP contribution < -0.4 is 0 Å². The molecule has 0 radical (unpaired) electrons. The number of carbonyl (C=O) groups excluding carboxylic acids is 2. The first-order chi connectivity index (χ1) is 7.26. The molecule has 0 rings (SSSR count). The minimum Gasteiger partial charge on any atom is -0.444 e. The van der Waals surface area contributed by atoms with Crippen molar-refractivity contribution in [3.05, 3.63) is 18.4 Å². The molecule has 90 valence electrons. The van der Waals surface area contributed by atoms with Gasteiger partial charge in [0.2, 0.25) is 0 Å². The summed E-state index contributed by atoms with van der Waals surface area (Å²) in [4.78, 5) is 24.0. The predicted molar refractivity (Wildman–Crippen MR) is 62.2 cm³/mol. The minimum atomic E-state index is -0.565. The van der Waals surface area contributed by atoms with Crippen molar-refractivity contribution >= 4 is 11.9 Å². The van der Waals surface area contributed by atoms with Crippen LogP contribution in [0.1, 0.15) is 27.7 Å². The van der Waals surface area contributed by atoms with Crippen LogP contribution in [0.4, 0.5) is 4.79 Å². The molecular weight excluding hydrogens is 206 g/mol. The Balaban J connectivity index is 4.55. The summed E-state index contributed by atoms with van der Waals surface area (Å²) in [7, 11) is 0. The fourth-order valence-electron chi connectivity index (χ4n) is 0.974. The molecule has 0 N–H and O–H groups in total. The Morgan fingerprint density at radius 2 is 2.00 bits per heavy atom. The van der Waals surface area contributed by atoms with E-state index in [2.05, 4.69) is 12.3 Å². The largest absolute Gasteiger partial charge is 0.444 e. The van der Waals surface area contributed by atoms with E-state index in [1.54, 1.807) is 26.8 Å². The molecule has 0 aliphatic carbocycles. The molecule has 0 aliphatic rings. The van der Waals surface area contributed by atoms with E-state index < -0.39 is 11.7 Å². The van der Waals surface area contributed by atoms with Crippen LogP contribution >= 0.6 is 0 Å². The number of hydrogen-bond acceptors (Lipinski definition) is 3. The molecule has 0 unspecified atom stereocenters. The van der Waals surface area contributed by atoms with E-state index >= 15 is 0 Å². The molecule has 4 heteroatoms. The lowest BCUT2D eigenvalue weighted by Crippen LogP contribution is -2.39. The van der Waals surface area contributed by atoms with Gasteiger partial charge in [-0.1, -0.05) is 6.58 Å². The summed E-state index contributed by atoms with van der Waals surface area (Å²) in [6.07, 6.45) is 1.07. The standard InChI is InChI=1S/C12H19NO3/c1-6-7-8-13(9-10(2)14)11(15)16-12(3,4)5/h7H,1,8-9H2,2-5H3. The lowest BCUT2D eigenvalue weighted by molar-refractivity contribution is -0.118. The van der Waals surface area contributed by atoms with Crippen LogP contribution in [0, 0.1) is 0 Å². The van der Waals surface area contributed by atoms with Gasteiger partial charge in [-0.15, -0.1) is 5.73 Å². The van der Waals surface area contributed by atoms with Gasteiger partial charge in [-0.25, -0.2) is 4.79 Å². The number of carbonyl (C=O) groups is 2. The smallest absolute Gasteiger partial charge is 0.410 e. The summed E-state index contributed by atoms with van der Waals surface area (Å²) in [5.41, 5.74) is 1.99.